The Hall–Kier alpha value is -5.20. The zero-order valence-corrected chi connectivity index (χ0v) is 28.8. The second-order valence-electron chi connectivity index (χ2n) is 11.6. The first-order valence-electron chi connectivity index (χ1n) is 15.6. The second kappa shape index (κ2) is 12.1. The molecule has 0 radical (unpaired) electrons. The zero-order chi connectivity index (χ0) is 32.8. The number of nitrogens with zero attached hydrogens (tertiary/aromatic N) is 2. The van der Waals surface area contributed by atoms with Gasteiger partial charge in [0.1, 0.15) is 0 Å². The van der Waals surface area contributed by atoms with Crippen molar-refractivity contribution in [2.45, 2.75) is 16.7 Å². The predicted molar refractivity (Wildman–Crippen MR) is 196 cm³/mol. The maximum absolute atomic E-state index is 13.4. The molecule has 234 valence electrons. The van der Waals surface area contributed by atoms with Crippen molar-refractivity contribution in [1.82, 2.24) is 4.98 Å². The number of rotatable bonds is 6. The van der Waals surface area contributed by atoms with E-state index in [0.29, 0.717) is 0 Å². The Morgan fingerprint density at radius 1 is 0.625 bits per heavy atom. The number of hydrogen-bond acceptors (Lipinski definition) is 5. The molecule has 2 heterocycles. The fourth-order valence-electron chi connectivity index (χ4n) is 6.33. The third-order valence-corrected chi connectivity index (χ3v) is 12.9. The topological polar surface area (TPSA) is 59.5 Å². The Bertz CT molecular complexity index is 2380. The molecule has 0 N–H and O–H groups in total. The van der Waals surface area contributed by atoms with E-state index in [2.05, 4.69) is 90.7 Å². The molecule has 0 aliphatic carbocycles. The maximum atomic E-state index is 13.4. The van der Waals surface area contributed by atoms with Crippen molar-refractivity contribution in [2.24, 2.45) is 0 Å². The Morgan fingerprint density at radius 3 is 1.85 bits per heavy atom. The van der Waals surface area contributed by atoms with E-state index in [1.807, 2.05) is 30.3 Å². The number of sulfone groups is 1. The Morgan fingerprint density at radius 2 is 1.21 bits per heavy atom. The number of hydrogen-bond donors (Lipinski definition) is 0. The van der Waals surface area contributed by atoms with Gasteiger partial charge in [0.15, 0.2) is 0 Å². The molecule has 1 aromatic heterocycles. The first kappa shape index (κ1) is 30.2. The Labute approximate surface area is 286 Å². The van der Waals surface area contributed by atoms with Crippen LogP contribution in [0.5, 0.6) is 5.75 Å². The summed E-state index contributed by atoms with van der Waals surface area (Å²) in [5.41, 5.74) is 8.97. The van der Waals surface area contributed by atoms with Gasteiger partial charge < -0.3 is 0 Å². The van der Waals surface area contributed by atoms with Gasteiger partial charge in [-0.1, -0.05) is 18.2 Å². The van der Waals surface area contributed by atoms with Crippen molar-refractivity contribution in [1.29, 1.82) is 0 Å². The van der Waals surface area contributed by atoms with Crippen LogP contribution in [-0.2, 0) is 9.84 Å². The third-order valence-electron chi connectivity index (χ3n) is 8.74. The molecule has 5 nitrogen and oxygen atoms in total. The summed E-state index contributed by atoms with van der Waals surface area (Å²) in [6, 6.07) is 47.4. The predicted octanol–water partition coefficient (Wildman–Crippen LogP) is 8.16. The fourth-order valence-corrected chi connectivity index (χ4v) is 9.83. The van der Waals surface area contributed by atoms with Crippen molar-refractivity contribution in [3.63, 3.8) is 0 Å². The number of benzene rings is 6. The van der Waals surface area contributed by atoms with Crippen LogP contribution >= 0.6 is 0 Å². The Kier molecular flexibility index (Phi) is 7.61. The SMILES string of the molecule is COc1ccc(-c2cc(-c3ccc(S(=O)(=O)c4ccccc4)cc3)nc3c(N4c5ccccc5[Se]c5ccccc54)ccc(C)c23)cc1. The van der Waals surface area contributed by atoms with Gasteiger partial charge in [-0.15, -0.1) is 0 Å². The van der Waals surface area contributed by atoms with Gasteiger partial charge in [0.2, 0.25) is 0 Å². The van der Waals surface area contributed by atoms with Crippen molar-refractivity contribution < 1.29 is 13.2 Å². The molecule has 48 heavy (non-hydrogen) atoms. The van der Waals surface area contributed by atoms with Crippen molar-refractivity contribution >= 4 is 61.7 Å². The van der Waals surface area contributed by atoms with Crippen LogP contribution in [0.4, 0.5) is 17.1 Å². The summed E-state index contributed by atoms with van der Waals surface area (Å²) in [6.45, 7) is 2.13. The number of pyridine rings is 1. The van der Waals surface area contributed by atoms with E-state index in [4.69, 9.17) is 9.72 Å². The van der Waals surface area contributed by atoms with Gasteiger partial charge in [0, 0.05) is 0 Å². The average molecular weight is 710 g/mol. The van der Waals surface area contributed by atoms with Crippen LogP contribution in [0.1, 0.15) is 5.56 Å². The molecule has 1 aliphatic heterocycles. The van der Waals surface area contributed by atoms with E-state index in [1.165, 1.54) is 8.92 Å². The summed E-state index contributed by atoms with van der Waals surface area (Å²) in [5, 5.41) is 1.07. The van der Waals surface area contributed by atoms with Crippen LogP contribution < -0.4 is 18.6 Å². The van der Waals surface area contributed by atoms with Crippen LogP contribution in [0.3, 0.4) is 0 Å². The molecule has 1 aliphatic rings. The first-order valence-corrected chi connectivity index (χ1v) is 18.8. The van der Waals surface area contributed by atoms with Crippen molar-refractivity contribution in [3.05, 3.63) is 151 Å². The summed E-state index contributed by atoms with van der Waals surface area (Å²) in [5.74, 6) is 0.786. The monoisotopic (exact) mass is 710 g/mol. The van der Waals surface area contributed by atoms with Crippen LogP contribution in [0.25, 0.3) is 33.3 Å². The van der Waals surface area contributed by atoms with Gasteiger partial charge in [-0.05, 0) is 12.1 Å². The first-order chi connectivity index (χ1) is 23.4. The minimum absolute atomic E-state index is 0.179. The van der Waals surface area contributed by atoms with Crippen LogP contribution in [0.15, 0.2) is 155 Å². The molecule has 6 aromatic carbocycles. The average Bonchev–Trinajstić information content (AvgIpc) is 3.14. The van der Waals surface area contributed by atoms with Crippen LogP contribution in [0.2, 0.25) is 0 Å². The number of ether oxygens (including phenoxy) is 1. The fraction of sp³-hybridized carbons (Fsp3) is 0.0488. The second-order valence-corrected chi connectivity index (χ2v) is 15.8. The van der Waals surface area contributed by atoms with Gasteiger partial charge in [0.05, 0.1) is 12.0 Å². The van der Waals surface area contributed by atoms with Crippen molar-refractivity contribution in [2.75, 3.05) is 12.0 Å². The molecule has 8 rings (SSSR count). The summed E-state index contributed by atoms with van der Waals surface area (Å²) in [6.07, 6.45) is 0. The summed E-state index contributed by atoms with van der Waals surface area (Å²) in [7, 11) is -1.98. The molecular formula is C41H30N2O3SSe. The van der Waals surface area contributed by atoms with E-state index in [0.717, 1.165) is 61.7 Å². The summed E-state index contributed by atoms with van der Waals surface area (Å²) in [4.78, 5) is 8.25. The zero-order valence-electron chi connectivity index (χ0n) is 26.3. The molecule has 0 fully saturated rings. The molecular weight excluding hydrogens is 679 g/mol. The van der Waals surface area contributed by atoms with E-state index >= 15 is 0 Å². The molecule has 0 saturated heterocycles. The molecule has 0 spiro atoms. The molecule has 0 unspecified atom stereocenters. The molecule has 0 saturated carbocycles. The number of methoxy groups -OCH3 is 1. The molecule has 7 heteroatoms. The molecule has 0 bridgehead atoms. The van der Waals surface area contributed by atoms with Gasteiger partial charge in [0.25, 0.3) is 0 Å². The van der Waals surface area contributed by atoms with E-state index in [1.54, 1.807) is 43.5 Å². The number of aromatic nitrogens is 1. The van der Waals surface area contributed by atoms with E-state index in [9.17, 15) is 8.42 Å². The number of para-hydroxylation sites is 2. The third kappa shape index (κ3) is 5.17. The van der Waals surface area contributed by atoms with Crippen LogP contribution in [-0.4, -0.2) is 35.5 Å². The number of anilines is 3. The summed E-state index contributed by atoms with van der Waals surface area (Å²) >= 11 is 0.179. The number of fused-ring (bicyclic) bond motifs is 3. The van der Waals surface area contributed by atoms with Crippen LogP contribution in [0, 0.1) is 6.92 Å². The van der Waals surface area contributed by atoms with Gasteiger partial charge in [-0.25, -0.2) is 8.42 Å². The van der Waals surface area contributed by atoms with Gasteiger partial charge in [-0.3, -0.25) is 0 Å². The van der Waals surface area contributed by atoms with Gasteiger partial charge >= 0.3 is 237 Å². The quantitative estimate of drug-likeness (QED) is 0.163. The molecule has 7 aromatic rings. The molecule has 0 amide bonds. The van der Waals surface area contributed by atoms with Crippen molar-refractivity contribution in [3.8, 4) is 28.1 Å². The molecule has 0 atom stereocenters. The summed E-state index contributed by atoms with van der Waals surface area (Å²) < 4.78 is 34.9. The normalized spacial score (nSPS) is 12.4. The standard InChI is InChI=1S/C41H30N2O3SSe/c1-27-16-25-37(43-35-12-6-8-14-38(35)48-39-15-9-7-13-36(39)43)41-40(27)33(28-17-21-30(46-2)22-18-28)26-34(42-41)29-19-23-32(24-20-29)47(44,45)31-10-4-3-5-11-31/h3-26H,1-2H3. The van der Waals surface area contributed by atoms with Gasteiger partial charge in [-0.2, -0.15) is 0 Å². The minimum atomic E-state index is -3.65. The Balaban J connectivity index is 1.37. The van der Waals surface area contributed by atoms with E-state index < -0.39 is 9.84 Å². The number of aryl methyl sites for hydroxylation is 1. The van der Waals surface area contributed by atoms with E-state index in [-0.39, 0.29) is 24.7 Å².